The molecule has 2 heterocycles. The van der Waals surface area contributed by atoms with Crippen molar-refractivity contribution >= 4 is 11.0 Å². The number of nitrogens with one attached hydrogen (secondary N) is 1. The van der Waals surface area contributed by atoms with Gasteiger partial charge in [-0.1, -0.05) is 30.3 Å². The quantitative estimate of drug-likeness (QED) is 0.389. The summed E-state index contributed by atoms with van der Waals surface area (Å²) in [6.07, 6.45) is 0.537. The molecule has 0 amide bonds. The Labute approximate surface area is 176 Å². The lowest BCUT2D eigenvalue weighted by Crippen LogP contribution is -3.16. The number of nitrogens with two attached hydrogens (primary N) is 1. The molecule has 1 fully saturated rings. The van der Waals surface area contributed by atoms with Crippen LogP contribution in [0.5, 0.6) is 5.75 Å². The second-order valence-electron chi connectivity index (χ2n) is 7.99. The molecule has 6 nitrogen and oxygen atoms in total. The Morgan fingerprint density at radius 3 is 2.60 bits per heavy atom. The minimum atomic E-state index is -0.325. The van der Waals surface area contributed by atoms with Gasteiger partial charge >= 0.3 is 5.63 Å². The van der Waals surface area contributed by atoms with Crippen molar-refractivity contribution in [3.8, 4) is 5.75 Å². The lowest BCUT2D eigenvalue weighted by Gasteiger charge is -2.22. The molecule has 0 aliphatic carbocycles. The van der Waals surface area contributed by atoms with Crippen LogP contribution in [0.3, 0.4) is 0 Å². The van der Waals surface area contributed by atoms with E-state index < -0.39 is 0 Å². The molecule has 1 aliphatic rings. The zero-order valence-electron chi connectivity index (χ0n) is 17.4. The Hall–Kier alpha value is -2.67. The molecule has 1 saturated heterocycles. The summed E-state index contributed by atoms with van der Waals surface area (Å²) in [7, 11) is 0. The number of phenols is 1. The summed E-state index contributed by atoms with van der Waals surface area (Å²) in [6.45, 7) is 8.29. The SMILES string of the molecule is Cc1c(Cc2ccccc2)c(=O)oc2c(C[NH2+]CC[NH+]3CCOCC3)c(O)ccc12. The number of aromatic hydroxyl groups is 1. The molecule has 0 atom stereocenters. The number of benzene rings is 2. The molecule has 0 unspecified atom stereocenters. The molecule has 0 radical (unpaired) electrons. The molecule has 0 spiro atoms. The van der Waals surface area contributed by atoms with E-state index in [1.165, 1.54) is 0 Å². The van der Waals surface area contributed by atoms with E-state index in [1.807, 2.05) is 43.3 Å². The van der Waals surface area contributed by atoms with Gasteiger partial charge in [-0.3, -0.25) is 0 Å². The van der Waals surface area contributed by atoms with E-state index in [1.54, 1.807) is 11.0 Å². The van der Waals surface area contributed by atoms with E-state index in [0.717, 1.165) is 55.9 Å². The van der Waals surface area contributed by atoms with Crippen molar-refractivity contribution in [3.63, 3.8) is 0 Å². The summed E-state index contributed by atoms with van der Waals surface area (Å²) < 4.78 is 11.2. The normalized spacial score (nSPS) is 15.0. The molecule has 0 bridgehead atoms. The molecule has 2 aromatic carbocycles. The highest BCUT2D eigenvalue weighted by Gasteiger charge is 2.19. The minimum absolute atomic E-state index is 0.177. The van der Waals surface area contributed by atoms with Gasteiger partial charge in [0, 0.05) is 17.4 Å². The first-order valence-electron chi connectivity index (χ1n) is 10.7. The summed E-state index contributed by atoms with van der Waals surface area (Å²) in [5.74, 6) is 0.177. The van der Waals surface area contributed by atoms with Crippen molar-refractivity contribution in [2.45, 2.75) is 19.9 Å². The fourth-order valence-corrected chi connectivity index (χ4v) is 4.16. The Kier molecular flexibility index (Phi) is 6.47. The molecule has 158 valence electrons. The lowest BCUT2D eigenvalue weighted by atomic mass is 9.98. The van der Waals surface area contributed by atoms with Crippen LogP contribution in [-0.4, -0.2) is 44.5 Å². The summed E-state index contributed by atoms with van der Waals surface area (Å²) in [6, 6.07) is 13.5. The second-order valence-corrected chi connectivity index (χ2v) is 7.99. The Bertz CT molecular complexity index is 1060. The zero-order chi connectivity index (χ0) is 20.9. The summed E-state index contributed by atoms with van der Waals surface area (Å²) in [5, 5.41) is 13.5. The van der Waals surface area contributed by atoms with Gasteiger partial charge < -0.3 is 24.5 Å². The smallest absolute Gasteiger partial charge is 0.340 e. The van der Waals surface area contributed by atoms with E-state index in [2.05, 4.69) is 5.32 Å². The largest absolute Gasteiger partial charge is 0.507 e. The van der Waals surface area contributed by atoms with E-state index >= 15 is 0 Å². The van der Waals surface area contributed by atoms with Crippen LogP contribution in [0.25, 0.3) is 11.0 Å². The van der Waals surface area contributed by atoms with Crippen LogP contribution in [-0.2, 0) is 17.7 Å². The van der Waals surface area contributed by atoms with Crippen molar-refractivity contribution in [1.82, 2.24) is 0 Å². The van der Waals surface area contributed by atoms with Crippen LogP contribution in [0.4, 0.5) is 0 Å². The third kappa shape index (κ3) is 4.56. The van der Waals surface area contributed by atoms with Crippen molar-refractivity contribution in [2.75, 3.05) is 39.4 Å². The lowest BCUT2D eigenvalue weighted by molar-refractivity contribution is -0.920. The maximum absolute atomic E-state index is 12.8. The molecule has 1 aliphatic heterocycles. The third-order valence-electron chi connectivity index (χ3n) is 6.01. The Balaban J connectivity index is 1.54. The van der Waals surface area contributed by atoms with Gasteiger partial charge in [0.05, 0.1) is 18.8 Å². The van der Waals surface area contributed by atoms with Gasteiger partial charge in [0.25, 0.3) is 0 Å². The first-order valence-corrected chi connectivity index (χ1v) is 10.7. The molecule has 0 saturated carbocycles. The van der Waals surface area contributed by atoms with Gasteiger partial charge in [0.15, 0.2) is 5.58 Å². The number of ether oxygens (including phenoxy) is 1. The monoisotopic (exact) mass is 410 g/mol. The van der Waals surface area contributed by atoms with E-state index in [9.17, 15) is 9.90 Å². The number of hydrogen-bond donors (Lipinski definition) is 3. The van der Waals surface area contributed by atoms with Crippen molar-refractivity contribution in [3.05, 3.63) is 75.1 Å². The standard InChI is InChI=1S/C24H28N2O4/c1-17-19-7-8-22(27)21(16-25-9-10-26-11-13-29-14-12-26)23(19)30-24(28)20(17)15-18-5-3-2-4-6-18/h2-8,25,27H,9-16H2,1H3/p+2. The fraction of sp³-hybridized carbons (Fsp3) is 0.375. The van der Waals surface area contributed by atoms with E-state index in [-0.39, 0.29) is 11.4 Å². The van der Waals surface area contributed by atoms with E-state index in [4.69, 9.17) is 9.15 Å². The molecular formula is C24H30N2O4+2. The van der Waals surface area contributed by atoms with Gasteiger partial charge in [-0.25, -0.2) is 4.79 Å². The number of aryl methyl sites for hydroxylation is 1. The highest BCUT2D eigenvalue weighted by molar-refractivity contribution is 5.85. The Morgan fingerprint density at radius 1 is 1.07 bits per heavy atom. The molecule has 3 aromatic rings. The zero-order valence-corrected chi connectivity index (χ0v) is 17.4. The molecule has 6 heteroatoms. The van der Waals surface area contributed by atoms with E-state index in [0.29, 0.717) is 29.7 Å². The van der Waals surface area contributed by atoms with Crippen LogP contribution in [0.15, 0.2) is 51.7 Å². The second kappa shape index (κ2) is 9.43. The van der Waals surface area contributed by atoms with Crippen molar-refractivity contribution in [2.24, 2.45) is 0 Å². The minimum Gasteiger partial charge on any atom is -0.507 e. The predicted molar refractivity (Wildman–Crippen MR) is 115 cm³/mol. The van der Waals surface area contributed by atoms with Gasteiger partial charge in [0.2, 0.25) is 0 Å². The predicted octanol–water partition coefficient (Wildman–Crippen LogP) is 0.376. The van der Waals surface area contributed by atoms with Crippen LogP contribution in [0, 0.1) is 6.92 Å². The number of phenolic OH excluding ortho intramolecular Hbond substituents is 1. The van der Waals surface area contributed by atoms with Gasteiger partial charge in [-0.2, -0.15) is 0 Å². The summed E-state index contributed by atoms with van der Waals surface area (Å²) >= 11 is 0. The number of rotatable bonds is 7. The molecule has 30 heavy (non-hydrogen) atoms. The summed E-state index contributed by atoms with van der Waals surface area (Å²) in [4.78, 5) is 14.3. The maximum Gasteiger partial charge on any atom is 0.340 e. The highest BCUT2D eigenvalue weighted by Crippen LogP contribution is 2.29. The highest BCUT2D eigenvalue weighted by atomic mass is 16.5. The number of hydrogen-bond acceptors (Lipinski definition) is 4. The average Bonchev–Trinajstić information content (AvgIpc) is 2.77. The maximum atomic E-state index is 12.8. The molecule has 4 N–H and O–H groups in total. The van der Waals surface area contributed by atoms with Crippen molar-refractivity contribution in [1.29, 1.82) is 0 Å². The van der Waals surface area contributed by atoms with Gasteiger partial charge in [-0.15, -0.1) is 0 Å². The third-order valence-corrected chi connectivity index (χ3v) is 6.01. The first-order chi connectivity index (χ1) is 14.6. The number of quaternary nitrogens is 2. The first kappa shape index (κ1) is 20.6. The van der Waals surface area contributed by atoms with Crippen LogP contribution in [0.2, 0.25) is 0 Å². The topological polar surface area (TPSA) is 80.7 Å². The summed E-state index contributed by atoms with van der Waals surface area (Å²) in [5.41, 5.74) is 3.54. The number of fused-ring (bicyclic) bond motifs is 1. The van der Waals surface area contributed by atoms with Gasteiger partial charge in [-0.05, 0) is 30.2 Å². The molecule has 4 rings (SSSR count). The fourth-order valence-electron chi connectivity index (χ4n) is 4.16. The Morgan fingerprint density at radius 2 is 1.83 bits per heavy atom. The molecular weight excluding hydrogens is 380 g/mol. The van der Waals surface area contributed by atoms with Crippen molar-refractivity contribution < 1.29 is 24.5 Å². The van der Waals surface area contributed by atoms with Crippen LogP contribution in [0.1, 0.15) is 22.3 Å². The van der Waals surface area contributed by atoms with Gasteiger partial charge in [0.1, 0.15) is 38.5 Å². The van der Waals surface area contributed by atoms with Crippen LogP contribution < -0.4 is 15.8 Å². The molecule has 1 aromatic heterocycles. The number of morpholine rings is 1. The average molecular weight is 411 g/mol. The van der Waals surface area contributed by atoms with Crippen LogP contribution >= 0.6 is 0 Å².